The van der Waals surface area contributed by atoms with Gasteiger partial charge in [-0.3, -0.25) is 0 Å². The van der Waals surface area contributed by atoms with Crippen LogP contribution in [0.25, 0.3) is 0 Å². The van der Waals surface area contributed by atoms with Crippen LogP contribution in [0.5, 0.6) is 0 Å². The molecule has 1 aliphatic carbocycles. The number of piperidine rings is 2. The molecule has 3 fully saturated rings. The summed E-state index contributed by atoms with van der Waals surface area (Å²) in [6.07, 6.45) is 4.04. The van der Waals surface area contributed by atoms with Crippen molar-refractivity contribution < 1.29 is 0 Å². The fourth-order valence-electron chi connectivity index (χ4n) is 3.03. The van der Waals surface area contributed by atoms with Gasteiger partial charge in [-0.1, -0.05) is 29.8 Å². The van der Waals surface area contributed by atoms with E-state index in [0.717, 1.165) is 6.04 Å². The predicted octanol–water partition coefficient (Wildman–Crippen LogP) is 2.39. The Kier molecular flexibility index (Phi) is 1.72. The van der Waals surface area contributed by atoms with Crippen molar-refractivity contribution in [2.75, 3.05) is 6.54 Å². The summed E-state index contributed by atoms with van der Waals surface area (Å²) in [5.41, 5.74) is 3.49. The summed E-state index contributed by atoms with van der Waals surface area (Å²) in [7, 11) is 0. The quantitative estimate of drug-likeness (QED) is 0.712. The Morgan fingerprint density at radius 2 is 1.93 bits per heavy atom. The summed E-state index contributed by atoms with van der Waals surface area (Å²) in [6, 6.07) is 9.97. The van der Waals surface area contributed by atoms with E-state index >= 15 is 0 Å². The van der Waals surface area contributed by atoms with Gasteiger partial charge in [0.25, 0.3) is 0 Å². The van der Waals surface area contributed by atoms with Crippen LogP contribution in [0.4, 0.5) is 0 Å². The van der Waals surface area contributed by atoms with Gasteiger partial charge >= 0.3 is 0 Å². The minimum absolute atomic E-state index is 0.545. The summed E-state index contributed by atoms with van der Waals surface area (Å²) < 4.78 is 0. The predicted molar refractivity (Wildman–Crippen MR) is 58.5 cm³/mol. The van der Waals surface area contributed by atoms with Crippen molar-refractivity contribution in [2.45, 2.75) is 37.6 Å². The van der Waals surface area contributed by atoms with E-state index < -0.39 is 0 Å². The molecular formula is C13H17N. The SMILES string of the molecule is Cc1ccc(C23CCNC(C2)C3)cc1. The molecule has 1 aromatic carbocycles. The zero-order chi connectivity index (χ0) is 9.60. The first-order valence-corrected chi connectivity index (χ1v) is 5.59. The van der Waals surface area contributed by atoms with Crippen molar-refractivity contribution in [1.29, 1.82) is 0 Å². The molecule has 1 nitrogen and oxygen atoms in total. The summed E-state index contributed by atoms with van der Waals surface area (Å²) in [4.78, 5) is 0. The van der Waals surface area contributed by atoms with Crippen molar-refractivity contribution in [1.82, 2.24) is 5.32 Å². The minimum Gasteiger partial charge on any atom is -0.314 e. The van der Waals surface area contributed by atoms with Crippen molar-refractivity contribution in [2.24, 2.45) is 0 Å². The van der Waals surface area contributed by atoms with Crippen LogP contribution in [0.3, 0.4) is 0 Å². The van der Waals surface area contributed by atoms with Gasteiger partial charge in [-0.05, 0) is 43.7 Å². The largest absolute Gasteiger partial charge is 0.314 e. The number of benzene rings is 1. The van der Waals surface area contributed by atoms with E-state index in [4.69, 9.17) is 0 Å². The molecule has 1 heteroatoms. The minimum atomic E-state index is 0.545. The molecule has 2 aliphatic heterocycles. The van der Waals surface area contributed by atoms with E-state index in [1.165, 1.54) is 31.4 Å². The lowest BCUT2D eigenvalue weighted by Crippen LogP contribution is -2.58. The summed E-state index contributed by atoms with van der Waals surface area (Å²) in [6.45, 7) is 3.37. The third-order valence-corrected chi connectivity index (χ3v) is 3.97. The molecule has 3 aliphatic rings. The number of fused-ring (bicyclic) bond motifs is 2. The second-order valence-corrected chi connectivity index (χ2v) is 4.96. The van der Waals surface area contributed by atoms with E-state index in [0.29, 0.717) is 5.41 Å². The highest BCUT2D eigenvalue weighted by Crippen LogP contribution is 2.48. The molecule has 0 unspecified atom stereocenters. The van der Waals surface area contributed by atoms with Gasteiger partial charge in [0.05, 0.1) is 0 Å². The average molecular weight is 187 g/mol. The molecule has 0 amide bonds. The zero-order valence-electron chi connectivity index (χ0n) is 8.72. The molecule has 0 atom stereocenters. The van der Waals surface area contributed by atoms with Gasteiger partial charge in [0.15, 0.2) is 0 Å². The molecule has 1 N–H and O–H groups in total. The van der Waals surface area contributed by atoms with Crippen molar-refractivity contribution in [3.05, 3.63) is 35.4 Å². The van der Waals surface area contributed by atoms with Crippen LogP contribution in [-0.4, -0.2) is 12.6 Å². The molecule has 0 aromatic heterocycles. The van der Waals surface area contributed by atoms with Crippen LogP contribution in [0.15, 0.2) is 24.3 Å². The third-order valence-electron chi connectivity index (χ3n) is 3.97. The van der Waals surface area contributed by atoms with Crippen molar-refractivity contribution in [3.63, 3.8) is 0 Å². The van der Waals surface area contributed by atoms with E-state index in [9.17, 15) is 0 Å². The van der Waals surface area contributed by atoms with E-state index in [1.807, 2.05) is 0 Å². The molecule has 14 heavy (non-hydrogen) atoms. The van der Waals surface area contributed by atoms with E-state index in [-0.39, 0.29) is 0 Å². The highest BCUT2D eigenvalue weighted by molar-refractivity contribution is 5.33. The molecule has 2 bridgehead atoms. The number of aryl methyl sites for hydroxylation is 1. The van der Waals surface area contributed by atoms with Crippen molar-refractivity contribution >= 4 is 0 Å². The fraction of sp³-hybridized carbons (Fsp3) is 0.538. The standard InChI is InChI=1S/C13H17N/c1-10-2-4-11(5-3-10)13-6-7-14-12(8-13)9-13/h2-5,12,14H,6-9H2,1H3. The Balaban J connectivity index is 1.91. The lowest BCUT2D eigenvalue weighted by atomic mass is 9.57. The van der Waals surface area contributed by atoms with Gasteiger partial charge in [0.2, 0.25) is 0 Å². The first-order valence-electron chi connectivity index (χ1n) is 5.59. The molecule has 74 valence electrons. The third kappa shape index (κ3) is 1.12. The van der Waals surface area contributed by atoms with Crippen LogP contribution in [-0.2, 0) is 5.41 Å². The second-order valence-electron chi connectivity index (χ2n) is 4.96. The maximum atomic E-state index is 3.55. The van der Waals surface area contributed by atoms with Gasteiger partial charge in [-0.25, -0.2) is 0 Å². The van der Waals surface area contributed by atoms with Gasteiger partial charge < -0.3 is 5.32 Å². The van der Waals surface area contributed by atoms with Crippen LogP contribution in [0.2, 0.25) is 0 Å². The smallest absolute Gasteiger partial charge is 0.00840 e. The molecule has 2 saturated heterocycles. The molecule has 1 saturated carbocycles. The molecule has 1 aromatic rings. The second kappa shape index (κ2) is 2.83. The molecule has 2 heterocycles. The van der Waals surface area contributed by atoms with Crippen LogP contribution < -0.4 is 5.32 Å². The maximum absolute atomic E-state index is 3.55. The topological polar surface area (TPSA) is 12.0 Å². The van der Waals surface area contributed by atoms with Crippen LogP contribution >= 0.6 is 0 Å². The Labute approximate surface area is 85.5 Å². The summed E-state index contributed by atoms with van der Waals surface area (Å²) in [5.74, 6) is 0. The first-order chi connectivity index (χ1) is 6.78. The van der Waals surface area contributed by atoms with Gasteiger partial charge in [-0.2, -0.15) is 0 Å². The van der Waals surface area contributed by atoms with Crippen LogP contribution in [0, 0.1) is 6.92 Å². The Hall–Kier alpha value is -0.820. The highest BCUT2D eigenvalue weighted by Gasteiger charge is 2.47. The number of rotatable bonds is 1. The normalized spacial score (nSPS) is 35.1. The number of hydrogen-bond donors (Lipinski definition) is 1. The van der Waals surface area contributed by atoms with Crippen LogP contribution in [0.1, 0.15) is 30.4 Å². The molecule has 0 radical (unpaired) electrons. The lowest BCUT2D eigenvalue weighted by molar-refractivity contribution is 0.110. The van der Waals surface area contributed by atoms with E-state index in [1.54, 1.807) is 5.56 Å². The zero-order valence-corrected chi connectivity index (χ0v) is 8.72. The Bertz CT molecular complexity index is 327. The summed E-state index contributed by atoms with van der Waals surface area (Å²) >= 11 is 0. The Morgan fingerprint density at radius 1 is 1.21 bits per heavy atom. The average Bonchev–Trinajstić information content (AvgIpc) is 2.18. The number of hydrogen-bond acceptors (Lipinski definition) is 1. The van der Waals surface area contributed by atoms with Gasteiger partial charge in [0, 0.05) is 6.04 Å². The van der Waals surface area contributed by atoms with Gasteiger partial charge in [-0.15, -0.1) is 0 Å². The molecule has 4 rings (SSSR count). The first kappa shape index (κ1) is 8.49. The number of nitrogens with one attached hydrogen (secondary N) is 1. The summed E-state index contributed by atoms with van der Waals surface area (Å²) in [5, 5.41) is 3.55. The molecule has 0 spiro atoms. The Morgan fingerprint density at radius 3 is 2.50 bits per heavy atom. The fourth-order valence-corrected chi connectivity index (χ4v) is 3.03. The van der Waals surface area contributed by atoms with Gasteiger partial charge in [0.1, 0.15) is 0 Å². The van der Waals surface area contributed by atoms with E-state index in [2.05, 4.69) is 36.5 Å². The highest BCUT2D eigenvalue weighted by atomic mass is 15.0. The maximum Gasteiger partial charge on any atom is 0.00840 e. The molecular weight excluding hydrogens is 170 g/mol. The van der Waals surface area contributed by atoms with Crippen molar-refractivity contribution in [3.8, 4) is 0 Å². The monoisotopic (exact) mass is 187 g/mol. The lowest BCUT2D eigenvalue weighted by Gasteiger charge is -2.53.